The third-order valence-corrected chi connectivity index (χ3v) is 9.48. The lowest BCUT2D eigenvalue weighted by atomic mass is 9.90. The number of aryl methyl sites for hydroxylation is 1. The molecule has 7 rings (SSSR count). The van der Waals surface area contributed by atoms with Gasteiger partial charge in [-0.15, -0.1) is 0 Å². The van der Waals surface area contributed by atoms with Gasteiger partial charge in [0.2, 0.25) is 0 Å². The predicted molar refractivity (Wildman–Crippen MR) is 202 cm³/mol. The van der Waals surface area contributed by atoms with Crippen molar-refractivity contribution in [2.24, 2.45) is 0 Å². The maximum Gasteiger partial charge on any atom is 0.118 e. The first kappa shape index (κ1) is 31.9. The Morgan fingerprint density at radius 2 is 0.694 bits per heavy atom. The van der Waals surface area contributed by atoms with Crippen LogP contribution in [0.4, 0.5) is 0 Å². The molecule has 1 heterocycles. The zero-order chi connectivity index (χ0) is 33.9. The highest BCUT2D eigenvalue weighted by atomic mass is 16.5. The molecule has 0 fully saturated rings. The van der Waals surface area contributed by atoms with E-state index < -0.39 is 0 Å². The lowest BCUT2D eigenvalue weighted by molar-refractivity contribution is 0.414. The summed E-state index contributed by atoms with van der Waals surface area (Å²) in [6.07, 6.45) is 2.18. The van der Waals surface area contributed by atoms with Crippen molar-refractivity contribution in [1.29, 1.82) is 0 Å². The topological polar surface area (TPSA) is 41.9 Å². The molecule has 49 heavy (non-hydrogen) atoms. The number of benzene rings is 6. The van der Waals surface area contributed by atoms with Crippen LogP contribution < -0.4 is 18.9 Å². The minimum atomic E-state index is 0.835. The average Bonchev–Trinajstić information content (AvgIpc) is 3.47. The van der Waals surface area contributed by atoms with Gasteiger partial charge in [0.1, 0.15) is 23.0 Å². The van der Waals surface area contributed by atoms with Gasteiger partial charge in [0.25, 0.3) is 0 Å². The van der Waals surface area contributed by atoms with Crippen LogP contribution in [0.3, 0.4) is 0 Å². The SMILES string of the molecule is CCCCn1c2cc(-c3ccc(OC)cc3)c(-c3ccc(OC)cc3)cc2c2cc(-c3ccc(OC)cc3)c(-c3ccc(OC)cc3)cc21. The molecular weight excluding hydrogens is 606 g/mol. The highest BCUT2D eigenvalue weighted by Crippen LogP contribution is 2.44. The van der Waals surface area contributed by atoms with Crippen LogP contribution >= 0.6 is 0 Å². The van der Waals surface area contributed by atoms with E-state index in [1.54, 1.807) is 28.4 Å². The number of ether oxygens (including phenoxy) is 4. The first-order valence-electron chi connectivity index (χ1n) is 16.8. The Morgan fingerprint density at radius 1 is 0.408 bits per heavy atom. The molecule has 0 atom stereocenters. The fourth-order valence-corrected chi connectivity index (χ4v) is 6.78. The monoisotopic (exact) mass is 647 g/mol. The first-order valence-corrected chi connectivity index (χ1v) is 16.8. The van der Waals surface area contributed by atoms with Crippen molar-refractivity contribution in [2.75, 3.05) is 28.4 Å². The Morgan fingerprint density at radius 3 is 0.959 bits per heavy atom. The summed E-state index contributed by atoms with van der Waals surface area (Å²) in [6.45, 7) is 3.17. The predicted octanol–water partition coefficient (Wildman–Crippen LogP) is 11.3. The van der Waals surface area contributed by atoms with E-state index in [1.807, 2.05) is 48.5 Å². The molecule has 0 N–H and O–H groups in total. The molecule has 0 aliphatic rings. The summed E-state index contributed by atoms with van der Waals surface area (Å²) in [7, 11) is 6.82. The van der Waals surface area contributed by atoms with Crippen molar-refractivity contribution < 1.29 is 18.9 Å². The van der Waals surface area contributed by atoms with Gasteiger partial charge in [-0.3, -0.25) is 0 Å². The average molecular weight is 648 g/mol. The highest BCUT2D eigenvalue weighted by Gasteiger charge is 2.20. The van der Waals surface area contributed by atoms with E-state index in [9.17, 15) is 0 Å². The molecule has 0 saturated heterocycles. The Labute approximate surface area is 288 Å². The van der Waals surface area contributed by atoms with E-state index in [-0.39, 0.29) is 0 Å². The van der Waals surface area contributed by atoms with Gasteiger partial charge >= 0.3 is 0 Å². The lowest BCUT2D eigenvalue weighted by Crippen LogP contribution is -1.98. The summed E-state index contributed by atoms with van der Waals surface area (Å²) < 4.78 is 24.6. The maximum atomic E-state index is 5.51. The first-order chi connectivity index (χ1) is 24.0. The van der Waals surface area contributed by atoms with Crippen molar-refractivity contribution in [3.05, 3.63) is 121 Å². The van der Waals surface area contributed by atoms with Crippen molar-refractivity contribution >= 4 is 21.8 Å². The van der Waals surface area contributed by atoms with Gasteiger partial charge in [0.05, 0.1) is 28.4 Å². The summed E-state index contributed by atoms with van der Waals surface area (Å²) in [5.41, 5.74) is 11.7. The van der Waals surface area contributed by atoms with E-state index in [0.717, 1.165) is 64.6 Å². The molecule has 0 radical (unpaired) electrons. The van der Waals surface area contributed by atoms with E-state index >= 15 is 0 Å². The number of aromatic nitrogens is 1. The standard InChI is InChI=1S/C44H41NO4/c1-6-7-24-45-43-27-39(31-12-20-35(48-4)21-13-31)37(29-8-16-33(46-2)17-9-29)25-41(43)42-26-38(30-10-18-34(47-3)19-11-30)40(28-44(42)45)32-14-22-36(49-5)23-15-32/h8-23,25-28H,6-7,24H2,1-5H3. The molecule has 0 aliphatic heterocycles. The van der Waals surface area contributed by atoms with Crippen molar-refractivity contribution in [3.8, 4) is 67.5 Å². The molecule has 0 spiro atoms. The maximum absolute atomic E-state index is 5.51. The fraction of sp³-hybridized carbons (Fsp3) is 0.182. The van der Waals surface area contributed by atoms with Crippen LogP contribution in [0.2, 0.25) is 0 Å². The van der Waals surface area contributed by atoms with E-state index in [2.05, 4.69) is 84.3 Å². The molecule has 0 bridgehead atoms. The summed E-state index contributed by atoms with van der Waals surface area (Å²) in [5.74, 6) is 3.35. The van der Waals surface area contributed by atoms with Gasteiger partial charge in [-0.05, 0) is 124 Å². The van der Waals surface area contributed by atoms with Gasteiger partial charge in [0, 0.05) is 28.4 Å². The van der Waals surface area contributed by atoms with Crippen LogP contribution in [-0.2, 0) is 6.54 Å². The number of nitrogens with zero attached hydrogens (tertiary/aromatic N) is 1. The lowest BCUT2D eigenvalue weighted by Gasteiger charge is -2.14. The summed E-state index contributed by atoms with van der Waals surface area (Å²) in [4.78, 5) is 0. The fourth-order valence-electron chi connectivity index (χ4n) is 6.78. The molecular formula is C44H41NO4. The minimum absolute atomic E-state index is 0.835. The van der Waals surface area contributed by atoms with Crippen LogP contribution in [0.5, 0.6) is 23.0 Å². The molecule has 0 aliphatic carbocycles. The van der Waals surface area contributed by atoms with Crippen LogP contribution in [0, 0.1) is 0 Å². The van der Waals surface area contributed by atoms with Gasteiger partial charge < -0.3 is 23.5 Å². The second kappa shape index (κ2) is 13.8. The summed E-state index contributed by atoms with van der Waals surface area (Å²) in [6, 6.07) is 43.0. The third-order valence-electron chi connectivity index (χ3n) is 9.48. The number of unbranched alkanes of at least 4 members (excludes halogenated alkanes) is 1. The number of rotatable bonds is 11. The summed E-state index contributed by atoms with van der Waals surface area (Å²) >= 11 is 0. The number of fused-ring (bicyclic) bond motifs is 3. The van der Waals surface area contributed by atoms with Gasteiger partial charge in [-0.25, -0.2) is 0 Å². The quantitative estimate of drug-likeness (QED) is 0.140. The van der Waals surface area contributed by atoms with Crippen LogP contribution in [0.25, 0.3) is 66.3 Å². The van der Waals surface area contributed by atoms with E-state index in [0.29, 0.717) is 0 Å². The zero-order valence-electron chi connectivity index (χ0n) is 28.7. The highest BCUT2D eigenvalue weighted by molar-refractivity contribution is 6.14. The molecule has 0 amide bonds. The molecule has 1 aromatic heterocycles. The van der Waals surface area contributed by atoms with Crippen LogP contribution in [-0.4, -0.2) is 33.0 Å². The van der Waals surface area contributed by atoms with Crippen molar-refractivity contribution in [1.82, 2.24) is 4.57 Å². The molecule has 7 aromatic rings. The second-order valence-corrected chi connectivity index (χ2v) is 12.2. The van der Waals surface area contributed by atoms with Crippen LogP contribution in [0.1, 0.15) is 19.8 Å². The van der Waals surface area contributed by atoms with Gasteiger partial charge in [-0.2, -0.15) is 0 Å². The molecule has 246 valence electrons. The normalized spacial score (nSPS) is 11.2. The van der Waals surface area contributed by atoms with Crippen molar-refractivity contribution in [3.63, 3.8) is 0 Å². The Kier molecular flexibility index (Phi) is 8.99. The van der Waals surface area contributed by atoms with E-state index in [1.165, 1.54) is 44.1 Å². The smallest absolute Gasteiger partial charge is 0.118 e. The van der Waals surface area contributed by atoms with Gasteiger partial charge in [0.15, 0.2) is 0 Å². The molecule has 0 unspecified atom stereocenters. The van der Waals surface area contributed by atoms with E-state index in [4.69, 9.17) is 18.9 Å². The minimum Gasteiger partial charge on any atom is -0.497 e. The molecule has 5 heteroatoms. The number of hydrogen-bond acceptors (Lipinski definition) is 4. The van der Waals surface area contributed by atoms with Crippen LogP contribution in [0.15, 0.2) is 121 Å². The van der Waals surface area contributed by atoms with Gasteiger partial charge in [-0.1, -0.05) is 61.9 Å². The second-order valence-electron chi connectivity index (χ2n) is 12.2. The molecule has 0 saturated carbocycles. The Balaban J connectivity index is 1.55. The molecule has 5 nitrogen and oxygen atoms in total. The Bertz CT molecular complexity index is 2060. The third kappa shape index (κ3) is 6.09. The largest absolute Gasteiger partial charge is 0.497 e. The Hall–Kier alpha value is -5.68. The number of hydrogen-bond donors (Lipinski definition) is 0. The number of methoxy groups -OCH3 is 4. The van der Waals surface area contributed by atoms with Crippen molar-refractivity contribution in [2.45, 2.75) is 26.3 Å². The zero-order valence-corrected chi connectivity index (χ0v) is 28.7. The molecule has 6 aromatic carbocycles. The summed E-state index contributed by atoms with van der Waals surface area (Å²) in [5, 5.41) is 2.45.